The second-order valence-electron chi connectivity index (χ2n) is 2.37. The Balaban J connectivity index is 0. The summed E-state index contributed by atoms with van der Waals surface area (Å²) in [5, 5.41) is 0. The van der Waals surface area contributed by atoms with Crippen molar-refractivity contribution in [2.75, 3.05) is 6.54 Å². The van der Waals surface area contributed by atoms with Crippen LogP contribution in [0.3, 0.4) is 0 Å². The van der Waals surface area contributed by atoms with E-state index in [9.17, 15) is 0 Å². The Morgan fingerprint density at radius 3 is 2.54 bits per heavy atom. The van der Waals surface area contributed by atoms with Crippen molar-refractivity contribution < 1.29 is 11.0 Å². The lowest BCUT2D eigenvalue weighted by molar-refractivity contribution is 0.523. The Hall–Kier alpha value is -1.03. The number of allylic oxidation sites excluding steroid dienone is 5. The first-order chi connectivity index (χ1) is 4.97. The fourth-order valence-electron chi connectivity index (χ4n) is 1.15. The van der Waals surface area contributed by atoms with Crippen LogP contribution in [0.1, 0.15) is 0 Å². The molecule has 0 atom stereocenters. The lowest BCUT2D eigenvalue weighted by Crippen LogP contribution is -2.18. The molecule has 0 unspecified atom stereocenters. The van der Waals surface area contributed by atoms with E-state index in [1.54, 1.807) is 0 Å². The zero-order valence-electron chi connectivity index (χ0n) is 7.10. The molecular weight excluding hydrogens is 190 g/mol. The molecule has 0 aromatic carbocycles. The zero-order valence-corrected chi connectivity index (χ0v) is 7.92. The lowest BCUT2D eigenvalue weighted by Gasteiger charge is -2.23. The normalized spacial score (nSPS) is 16.0. The average Bonchev–Trinajstić information content (AvgIpc) is 2.05. The van der Waals surface area contributed by atoms with E-state index in [4.69, 9.17) is 0 Å². The van der Waals surface area contributed by atoms with Gasteiger partial charge in [-0.15, -0.1) is 12.4 Å². The van der Waals surface area contributed by atoms with Crippen LogP contribution in [0.15, 0.2) is 48.4 Å². The first kappa shape index (κ1) is 14.5. The fraction of sp³-hybridized carbons (Fsp3) is 0.111. The highest BCUT2D eigenvalue weighted by Crippen LogP contribution is 2.14. The molecule has 0 fully saturated rings. The van der Waals surface area contributed by atoms with Gasteiger partial charge in [0.05, 0.1) is 0 Å². The van der Waals surface area contributed by atoms with E-state index in [2.05, 4.69) is 47.6 Å². The van der Waals surface area contributed by atoms with Crippen LogP contribution in [0.5, 0.6) is 0 Å². The van der Waals surface area contributed by atoms with Gasteiger partial charge in [-0.3, -0.25) is 0 Å². The van der Waals surface area contributed by atoms with Crippen LogP contribution in [0.2, 0.25) is 0 Å². The summed E-state index contributed by atoms with van der Waals surface area (Å²) in [6.45, 7) is 1.01. The Labute approximate surface area is 83.8 Å². The lowest BCUT2D eigenvalue weighted by atomic mass is 10.2. The van der Waals surface area contributed by atoms with Gasteiger partial charge in [-0.2, -0.15) is 0 Å². The van der Waals surface area contributed by atoms with Crippen LogP contribution in [-0.2, 0) is 0 Å². The molecule has 2 aliphatic heterocycles. The first-order valence-corrected chi connectivity index (χ1v) is 3.45. The highest BCUT2D eigenvalue weighted by Gasteiger charge is 2.05. The third-order valence-corrected chi connectivity index (χ3v) is 1.68. The van der Waals surface area contributed by atoms with Gasteiger partial charge in [0.25, 0.3) is 0 Å². The summed E-state index contributed by atoms with van der Waals surface area (Å²) in [6, 6.07) is 0. The maximum atomic E-state index is 2.21. The van der Waals surface area contributed by atoms with Crippen LogP contribution in [0.4, 0.5) is 0 Å². The van der Waals surface area contributed by atoms with E-state index < -0.39 is 0 Å². The highest BCUT2D eigenvalue weighted by molar-refractivity contribution is 5.85. The van der Waals surface area contributed by atoms with Crippen LogP contribution in [0, 0.1) is 0 Å². The molecule has 0 aromatic heterocycles. The van der Waals surface area contributed by atoms with Crippen molar-refractivity contribution in [2.24, 2.45) is 0 Å². The maximum Gasteiger partial charge on any atom is 0.0409 e. The Bertz CT molecular complexity index is 256. The number of fused-ring (bicyclic) bond motifs is 1. The average molecular weight is 204 g/mol. The summed E-state index contributed by atoms with van der Waals surface area (Å²) >= 11 is 0. The molecule has 2 rings (SSSR count). The van der Waals surface area contributed by atoms with Crippen LogP contribution in [-0.4, -0.2) is 22.4 Å². The molecule has 4 heteroatoms. The quantitative estimate of drug-likeness (QED) is 0.569. The van der Waals surface area contributed by atoms with Crippen molar-refractivity contribution >= 4 is 12.4 Å². The number of halogens is 1. The summed E-state index contributed by atoms with van der Waals surface area (Å²) in [5.41, 5.74) is 1.28. The van der Waals surface area contributed by atoms with E-state index in [0.29, 0.717) is 0 Å². The SMILES string of the molecule is C1=CCN2C=CC=CC2=C1.Cl.O.O. The number of rotatable bonds is 0. The molecule has 0 saturated heterocycles. The zero-order chi connectivity index (χ0) is 6.81. The standard InChI is InChI=1S/C9H9N.ClH.2H2O/c1-3-7-10-8-4-2-6-9(10)5-1;;;/h1-7H,8H2;1H;2*1H2. The molecule has 2 heterocycles. The largest absolute Gasteiger partial charge is 0.412 e. The molecule has 0 aliphatic carbocycles. The molecule has 0 bridgehead atoms. The van der Waals surface area contributed by atoms with Crippen molar-refractivity contribution in [3.63, 3.8) is 0 Å². The molecule has 3 nitrogen and oxygen atoms in total. The summed E-state index contributed by atoms with van der Waals surface area (Å²) in [4.78, 5) is 2.21. The molecule has 13 heavy (non-hydrogen) atoms. The predicted octanol–water partition coefficient (Wildman–Crippen LogP) is 0.598. The highest BCUT2D eigenvalue weighted by atomic mass is 35.5. The molecule has 4 N–H and O–H groups in total. The van der Waals surface area contributed by atoms with E-state index >= 15 is 0 Å². The van der Waals surface area contributed by atoms with Crippen LogP contribution in [0.25, 0.3) is 0 Å². The molecule has 0 saturated carbocycles. The van der Waals surface area contributed by atoms with Crippen molar-refractivity contribution in [1.29, 1.82) is 0 Å². The van der Waals surface area contributed by atoms with Crippen molar-refractivity contribution in [3.05, 3.63) is 48.4 Å². The third kappa shape index (κ3) is 3.06. The van der Waals surface area contributed by atoms with Gasteiger partial charge in [-0.1, -0.05) is 18.2 Å². The van der Waals surface area contributed by atoms with Gasteiger partial charge in [0.1, 0.15) is 0 Å². The molecular formula is C9H14ClNO2. The van der Waals surface area contributed by atoms with Gasteiger partial charge in [-0.25, -0.2) is 0 Å². The first-order valence-electron chi connectivity index (χ1n) is 3.45. The van der Waals surface area contributed by atoms with Crippen LogP contribution < -0.4 is 0 Å². The second kappa shape index (κ2) is 6.48. The second-order valence-corrected chi connectivity index (χ2v) is 2.37. The minimum atomic E-state index is 0. The van der Waals surface area contributed by atoms with Gasteiger partial charge in [0.2, 0.25) is 0 Å². The topological polar surface area (TPSA) is 66.2 Å². The van der Waals surface area contributed by atoms with E-state index in [1.165, 1.54) is 5.70 Å². The van der Waals surface area contributed by atoms with Gasteiger partial charge in [-0.05, 0) is 18.2 Å². The Morgan fingerprint density at radius 1 is 1.08 bits per heavy atom. The molecule has 0 spiro atoms. The molecule has 74 valence electrons. The van der Waals surface area contributed by atoms with Crippen molar-refractivity contribution in [3.8, 4) is 0 Å². The van der Waals surface area contributed by atoms with E-state index in [1.807, 2.05) is 0 Å². The molecule has 0 radical (unpaired) electrons. The van der Waals surface area contributed by atoms with Gasteiger partial charge in [0.15, 0.2) is 0 Å². The summed E-state index contributed by atoms with van der Waals surface area (Å²) in [7, 11) is 0. The molecule has 2 aliphatic rings. The Kier molecular flexibility index (Phi) is 7.23. The number of hydrogen-bond acceptors (Lipinski definition) is 1. The number of nitrogens with zero attached hydrogens (tertiary/aromatic N) is 1. The fourth-order valence-corrected chi connectivity index (χ4v) is 1.15. The van der Waals surface area contributed by atoms with Crippen LogP contribution >= 0.6 is 12.4 Å². The van der Waals surface area contributed by atoms with Gasteiger partial charge < -0.3 is 15.9 Å². The summed E-state index contributed by atoms with van der Waals surface area (Å²) < 4.78 is 0. The number of hydrogen-bond donors (Lipinski definition) is 0. The molecule has 0 aromatic rings. The molecule has 0 amide bonds. The van der Waals surface area contributed by atoms with E-state index in [-0.39, 0.29) is 23.4 Å². The summed E-state index contributed by atoms with van der Waals surface area (Å²) in [5.74, 6) is 0. The maximum absolute atomic E-state index is 2.21. The van der Waals surface area contributed by atoms with Gasteiger partial charge in [0, 0.05) is 18.4 Å². The van der Waals surface area contributed by atoms with Crippen molar-refractivity contribution in [2.45, 2.75) is 0 Å². The smallest absolute Gasteiger partial charge is 0.0409 e. The van der Waals surface area contributed by atoms with Crippen molar-refractivity contribution in [1.82, 2.24) is 4.90 Å². The van der Waals surface area contributed by atoms with Gasteiger partial charge >= 0.3 is 0 Å². The summed E-state index contributed by atoms with van der Waals surface area (Å²) in [6.07, 6.45) is 14.7. The van der Waals surface area contributed by atoms with E-state index in [0.717, 1.165) is 6.54 Å². The monoisotopic (exact) mass is 203 g/mol. The third-order valence-electron chi connectivity index (χ3n) is 1.68. The Morgan fingerprint density at radius 2 is 1.85 bits per heavy atom. The predicted molar refractivity (Wildman–Crippen MR) is 56.7 cm³/mol. The minimum absolute atomic E-state index is 0. The minimum Gasteiger partial charge on any atom is -0.412 e.